The minimum Gasteiger partial charge on any atom is -0.376 e. The fourth-order valence-electron chi connectivity index (χ4n) is 3.97. The fourth-order valence-corrected chi connectivity index (χ4v) is 4.26. The molecule has 2 aliphatic rings. The van der Waals surface area contributed by atoms with E-state index in [1.165, 1.54) is 6.07 Å². The zero-order valence-electron chi connectivity index (χ0n) is 15.1. The maximum atomic E-state index is 14.6. The maximum Gasteiger partial charge on any atom is 0.223 e. The Morgan fingerprint density at radius 1 is 1.50 bits per heavy atom. The number of nitrogens with one attached hydrogen (secondary N) is 1. The lowest BCUT2D eigenvalue weighted by Gasteiger charge is -2.38. The first-order valence-electron chi connectivity index (χ1n) is 9.28. The van der Waals surface area contributed by atoms with Gasteiger partial charge in [-0.2, -0.15) is 0 Å². The first-order chi connectivity index (χ1) is 12.5. The van der Waals surface area contributed by atoms with Gasteiger partial charge in [0.15, 0.2) is 0 Å². The van der Waals surface area contributed by atoms with Gasteiger partial charge >= 0.3 is 0 Å². The Hall–Kier alpha value is -1.21. The molecule has 1 saturated carbocycles. The Balaban J connectivity index is 1.76. The predicted molar refractivity (Wildman–Crippen MR) is 99.5 cm³/mol. The normalized spacial score (nSPS) is 28.1. The molecule has 1 amide bonds. The maximum absolute atomic E-state index is 14.6. The summed E-state index contributed by atoms with van der Waals surface area (Å²) in [5.74, 6) is -0.402. The summed E-state index contributed by atoms with van der Waals surface area (Å²) in [5.41, 5.74) is 6.35. The summed E-state index contributed by atoms with van der Waals surface area (Å²) in [6, 6.07) is 4.47. The van der Waals surface area contributed by atoms with Gasteiger partial charge in [0.05, 0.1) is 18.8 Å². The topological polar surface area (TPSA) is 67.6 Å². The second-order valence-corrected chi connectivity index (χ2v) is 7.75. The van der Waals surface area contributed by atoms with Gasteiger partial charge in [0.1, 0.15) is 5.82 Å². The van der Waals surface area contributed by atoms with Gasteiger partial charge in [0.2, 0.25) is 5.91 Å². The monoisotopic (exact) mass is 383 g/mol. The first-order valence-corrected chi connectivity index (χ1v) is 9.66. The molecule has 0 bridgehead atoms. The summed E-state index contributed by atoms with van der Waals surface area (Å²) in [6.45, 7) is 4.22. The van der Waals surface area contributed by atoms with Crippen molar-refractivity contribution in [2.75, 3.05) is 26.2 Å². The predicted octanol–water partition coefficient (Wildman–Crippen LogP) is 2.48. The highest BCUT2D eigenvalue weighted by atomic mass is 35.5. The lowest BCUT2D eigenvalue weighted by atomic mass is 10.0. The van der Waals surface area contributed by atoms with Crippen molar-refractivity contribution in [3.05, 3.63) is 34.6 Å². The Kier molecular flexibility index (Phi) is 6.51. The van der Waals surface area contributed by atoms with Crippen LogP contribution in [-0.4, -0.2) is 49.2 Å². The standard InChI is InChI=1S/C19H27ClFN3O2/c1-12-11-24(7-8-26-12)17(18-15(20)3-2-4-16(18)21)10-23-19(25)13-5-6-14(22)9-13/h2-4,12-14,17H,5-11,22H2,1H3,(H,23,25)/t12-,13+,14+,17-/m1/s1. The number of nitrogens with two attached hydrogens (primary N) is 1. The van der Waals surface area contributed by atoms with Gasteiger partial charge in [-0.15, -0.1) is 0 Å². The van der Waals surface area contributed by atoms with Crippen molar-refractivity contribution in [2.45, 2.75) is 44.4 Å². The van der Waals surface area contributed by atoms with Crippen LogP contribution in [0.2, 0.25) is 5.02 Å². The molecule has 2 fully saturated rings. The Labute approximate surface area is 159 Å². The number of ether oxygens (including phenoxy) is 1. The molecule has 1 aromatic carbocycles. The van der Waals surface area contributed by atoms with Crippen molar-refractivity contribution >= 4 is 17.5 Å². The van der Waals surface area contributed by atoms with Crippen LogP contribution in [0.1, 0.15) is 37.8 Å². The van der Waals surface area contributed by atoms with E-state index in [1.54, 1.807) is 12.1 Å². The molecule has 26 heavy (non-hydrogen) atoms. The lowest BCUT2D eigenvalue weighted by Crippen LogP contribution is -2.47. The van der Waals surface area contributed by atoms with Gasteiger partial charge in [-0.25, -0.2) is 4.39 Å². The van der Waals surface area contributed by atoms with Crippen molar-refractivity contribution < 1.29 is 13.9 Å². The summed E-state index contributed by atoms with van der Waals surface area (Å²) in [6.07, 6.45) is 2.46. The molecule has 0 aromatic heterocycles. The van der Waals surface area contributed by atoms with Crippen LogP contribution in [0.5, 0.6) is 0 Å². The second-order valence-electron chi connectivity index (χ2n) is 7.34. The van der Waals surface area contributed by atoms with Crippen LogP contribution < -0.4 is 11.1 Å². The number of nitrogens with zero attached hydrogens (tertiary/aromatic N) is 1. The molecule has 3 N–H and O–H groups in total. The van der Waals surface area contributed by atoms with Crippen molar-refractivity contribution in [1.82, 2.24) is 10.2 Å². The highest BCUT2D eigenvalue weighted by molar-refractivity contribution is 6.31. The summed E-state index contributed by atoms with van der Waals surface area (Å²) < 4.78 is 20.2. The summed E-state index contributed by atoms with van der Waals surface area (Å²) >= 11 is 6.31. The molecular formula is C19H27ClFN3O2. The molecule has 0 unspecified atom stereocenters. The van der Waals surface area contributed by atoms with Crippen molar-refractivity contribution in [1.29, 1.82) is 0 Å². The number of benzene rings is 1. The largest absolute Gasteiger partial charge is 0.376 e. The number of halogens is 2. The van der Waals surface area contributed by atoms with E-state index in [0.717, 1.165) is 12.8 Å². The molecule has 0 spiro atoms. The quantitative estimate of drug-likeness (QED) is 0.819. The first kappa shape index (κ1) is 19.5. The van der Waals surface area contributed by atoms with Crippen molar-refractivity contribution in [2.24, 2.45) is 11.7 Å². The molecule has 7 heteroatoms. The van der Waals surface area contributed by atoms with E-state index in [9.17, 15) is 9.18 Å². The minimum atomic E-state index is -0.348. The minimum absolute atomic E-state index is 0.00304. The van der Waals surface area contributed by atoms with E-state index in [4.69, 9.17) is 22.1 Å². The van der Waals surface area contributed by atoms with Crippen LogP contribution >= 0.6 is 11.6 Å². The van der Waals surface area contributed by atoms with Crippen LogP contribution in [0, 0.1) is 11.7 Å². The van der Waals surface area contributed by atoms with Gasteiger partial charge < -0.3 is 15.8 Å². The van der Waals surface area contributed by atoms with Crippen LogP contribution in [-0.2, 0) is 9.53 Å². The zero-order chi connectivity index (χ0) is 18.7. The summed E-state index contributed by atoms with van der Waals surface area (Å²) in [4.78, 5) is 14.6. The number of hydrogen-bond acceptors (Lipinski definition) is 4. The average Bonchev–Trinajstić information content (AvgIpc) is 3.03. The van der Waals surface area contributed by atoms with Gasteiger partial charge in [0, 0.05) is 42.2 Å². The molecule has 4 atom stereocenters. The lowest BCUT2D eigenvalue weighted by molar-refractivity contribution is -0.125. The SMILES string of the molecule is C[C@@H]1CN([C@H](CNC(=O)[C@H]2CC[C@H](N)C2)c2c(F)cccc2Cl)CCO1. The van der Waals surface area contributed by atoms with Crippen molar-refractivity contribution in [3.63, 3.8) is 0 Å². The number of amides is 1. The third kappa shape index (κ3) is 4.55. The van der Waals surface area contributed by atoms with Gasteiger partial charge in [-0.3, -0.25) is 9.69 Å². The molecule has 5 nitrogen and oxygen atoms in total. The molecule has 144 valence electrons. The van der Waals surface area contributed by atoms with E-state index in [0.29, 0.717) is 43.2 Å². The van der Waals surface area contributed by atoms with Gasteiger partial charge in [-0.1, -0.05) is 17.7 Å². The number of hydrogen-bond donors (Lipinski definition) is 2. The molecule has 1 heterocycles. The molecule has 1 aliphatic carbocycles. The Morgan fingerprint density at radius 3 is 2.96 bits per heavy atom. The van der Waals surface area contributed by atoms with E-state index in [1.807, 2.05) is 6.92 Å². The second kappa shape index (κ2) is 8.65. The van der Waals surface area contributed by atoms with E-state index < -0.39 is 0 Å². The summed E-state index contributed by atoms with van der Waals surface area (Å²) in [7, 11) is 0. The zero-order valence-corrected chi connectivity index (χ0v) is 15.8. The average molecular weight is 384 g/mol. The Bertz CT molecular complexity index is 625. The number of carbonyl (C=O) groups is 1. The highest BCUT2D eigenvalue weighted by Crippen LogP contribution is 2.31. The van der Waals surface area contributed by atoms with Crippen molar-refractivity contribution in [3.8, 4) is 0 Å². The van der Waals surface area contributed by atoms with E-state index in [-0.39, 0.29) is 35.8 Å². The van der Waals surface area contributed by atoms with Gasteiger partial charge in [0.25, 0.3) is 0 Å². The van der Waals surface area contributed by atoms with E-state index >= 15 is 0 Å². The number of rotatable bonds is 5. The molecule has 1 aromatic rings. The molecule has 1 aliphatic heterocycles. The molecule has 3 rings (SSSR count). The number of morpholine rings is 1. The van der Waals surface area contributed by atoms with Gasteiger partial charge in [-0.05, 0) is 38.3 Å². The van der Waals surface area contributed by atoms with Crippen LogP contribution in [0.3, 0.4) is 0 Å². The van der Waals surface area contributed by atoms with Crippen LogP contribution in [0.25, 0.3) is 0 Å². The third-order valence-corrected chi connectivity index (χ3v) is 5.69. The molecule has 0 radical (unpaired) electrons. The molecule has 1 saturated heterocycles. The fraction of sp³-hybridized carbons (Fsp3) is 0.632. The highest BCUT2D eigenvalue weighted by Gasteiger charge is 2.32. The number of carbonyl (C=O) groups excluding carboxylic acids is 1. The smallest absolute Gasteiger partial charge is 0.223 e. The van der Waals surface area contributed by atoms with E-state index in [2.05, 4.69) is 10.2 Å². The molecular weight excluding hydrogens is 357 g/mol. The van der Waals surface area contributed by atoms with Crippen LogP contribution in [0.4, 0.5) is 4.39 Å². The Morgan fingerprint density at radius 2 is 2.31 bits per heavy atom. The third-order valence-electron chi connectivity index (χ3n) is 5.36. The summed E-state index contributed by atoms with van der Waals surface area (Å²) in [5, 5.41) is 3.39. The van der Waals surface area contributed by atoms with Crippen LogP contribution in [0.15, 0.2) is 18.2 Å².